The molecule has 0 aromatic heterocycles. The van der Waals surface area contributed by atoms with Crippen molar-refractivity contribution in [3.63, 3.8) is 0 Å². The largest absolute Gasteiger partial charge is 0.493 e. The van der Waals surface area contributed by atoms with Crippen molar-refractivity contribution in [2.75, 3.05) is 26.6 Å². The summed E-state index contributed by atoms with van der Waals surface area (Å²) < 4.78 is 29.2. The number of hydrogen-bond acceptors (Lipinski definition) is 4. The van der Waals surface area contributed by atoms with Crippen LogP contribution in [-0.2, 0) is 11.2 Å². The first-order chi connectivity index (χ1) is 12.0. The van der Waals surface area contributed by atoms with Crippen LogP contribution in [0.1, 0.15) is 17.5 Å². The fourth-order valence-electron chi connectivity index (χ4n) is 2.48. The van der Waals surface area contributed by atoms with Gasteiger partial charge in [0.2, 0.25) is 11.7 Å². The minimum absolute atomic E-state index is 0.192. The molecule has 0 saturated carbocycles. The van der Waals surface area contributed by atoms with Crippen LogP contribution in [-0.4, -0.2) is 27.2 Å². The number of amides is 1. The van der Waals surface area contributed by atoms with Crippen LogP contribution in [0, 0.1) is 12.7 Å². The lowest BCUT2D eigenvalue weighted by Crippen LogP contribution is -2.13. The van der Waals surface area contributed by atoms with Crippen LogP contribution in [0.5, 0.6) is 17.2 Å². The number of nitrogens with one attached hydrogen (secondary N) is 1. The van der Waals surface area contributed by atoms with Crippen LogP contribution in [0.4, 0.5) is 10.1 Å². The van der Waals surface area contributed by atoms with Gasteiger partial charge in [-0.1, -0.05) is 6.07 Å². The molecular formula is C19H22FNO4. The number of anilines is 1. The highest BCUT2D eigenvalue weighted by Gasteiger charge is 2.14. The van der Waals surface area contributed by atoms with Crippen molar-refractivity contribution in [1.29, 1.82) is 0 Å². The molecule has 0 aliphatic rings. The molecule has 25 heavy (non-hydrogen) atoms. The SMILES string of the molecule is COc1cc(CCC(=O)Nc2cc(F)ccc2C)cc(OC)c1OC. The van der Waals surface area contributed by atoms with E-state index in [1.54, 1.807) is 20.3 Å². The molecule has 0 radical (unpaired) electrons. The number of carbonyl (C=O) groups excluding carboxylic acids is 1. The summed E-state index contributed by atoms with van der Waals surface area (Å²) in [4.78, 5) is 12.2. The Labute approximate surface area is 146 Å². The minimum atomic E-state index is -0.384. The molecular weight excluding hydrogens is 325 g/mol. The summed E-state index contributed by atoms with van der Waals surface area (Å²) in [6, 6.07) is 7.92. The second-order valence-corrected chi connectivity index (χ2v) is 5.54. The second kappa shape index (κ2) is 8.37. The third-order valence-electron chi connectivity index (χ3n) is 3.84. The monoisotopic (exact) mass is 347 g/mol. The summed E-state index contributed by atoms with van der Waals surface area (Å²) in [7, 11) is 4.62. The Balaban J connectivity index is 2.07. The van der Waals surface area contributed by atoms with Gasteiger partial charge in [0.1, 0.15) is 5.82 Å². The van der Waals surface area contributed by atoms with Crippen LogP contribution in [0.2, 0.25) is 0 Å². The molecule has 0 heterocycles. The zero-order valence-electron chi connectivity index (χ0n) is 14.8. The van der Waals surface area contributed by atoms with E-state index in [0.717, 1.165) is 11.1 Å². The molecule has 0 aliphatic heterocycles. The Morgan fingerprint density at radius 1 is 1.04 bits per heavy atom. The van der Waals surface area contributed by atoms with Crippen molar-refractivity contribution in [1.82, 2.24) is 0 Å². The molecule has 6 heteroatoms. The fraction of sp³-hybridized carbons (Fsp3) is 0.316. The van der Waals surface area contributed by atoms with Gasteiger partial charge >= 0.3 is 0 Å². The molecule has 0 aliphatic carbocycles. The molecule has 0 atom stereocenters. The summed E-state index contributed by atoms with van der Waals surface area (Å²) in [5, 5.41) is 2.73. The summed E-state index contributed by atoms with van der Waals surface area (Å²) in [5.74, 6) is 1.01. The zero-order chi connectivity index (χ0) is 18.4. The number of halogens is 1. The van der Waals surface area contributed by atoms with Gasteiger partial charge in [-0.15, -0.1) is 0 Å². The molecule has 134 valence electrons. The lowest BCUT2D eigenvalue weighted by Gasteiger charge is -2.14. The van der Waals surface area contributed by atoms with Gasteiger partial charge in [0.15, 0.2) is 11.5 Å². The first kappa shape index (κ1) is 18.6. The molecule has 0 unspecified atom stereocenters. The van der Waals surface area contributed by atoms with Crippen LogP contribution < -0.4 is 19.5 Å². The molecule has 2 rings (SSSR count). The van der Waals surface area contributed by atoms with E-state index in [-0.39, 0.29) is 18.1 Å². The minimum Gasteiger partial charge on any atom is -0.493 e. The van der Waals surface area contributed by atoms with E-state index in [0.29, 0.717) is 29.4 Å². The lowest BCUT2D eigenvalue weighted by molar-refractivity contribution is -0.116. The third-order valence-corrected chi connectivity index (χ3v) is 3.84. The third kappa shape index (κ3) is 4.62. The highest BCUT2D eigenvalue weighted by atomic mass is 19.1. The number of hydrogen-bond donors (Lipinski definition) is 1. The number of rotatable bonds is 7. The van der Waals surface area contributed by atoms with E-state index in [1.165, 1.54) is 19.2 Å². The van der Waals surface area contributed by atoms with Crippen LogP contribution in [0.15, 0.2) is 30.3 Å². The van der Waals surface area contributed by atoms with Gasteiger partial charge in [0.25, 0.3) is 0 Å². The molecule has 1 amide bonds. The molecule has 0 spiro atoms. The van der Waals surface area contributed by atoms with Crippen molar-refractivity contribution in [3.05, 3.63) is 47.3 Å². The maximum Gasteiger partial charge on any atom is 0.224 e. The van der Waals surface area contributed by atoms with E-state index < -0.39 is 0 Å². The van der Waals surface area contributed by atoms with Gasteiger partial charge in [-0.25, -0.2) is 4.39 Å². The summed E-state index contributed by atoms with van der Waals surface area (Å²) in [5.41, 5.74) is 2.16. The van der Waals surface area contributed by atoms with Gasteiger partial charge in [0, 0.05) is 12.1 Å². The zero-order valence-corrected chi connectivity index (χ0v) is 14.8. The smallest absolute Gasteiger partial charge is 0.224 e. The normalized spacial score (nSPS) is 10.3. The lowest BCUT2D eigenvalue weighted by atomic mass is 10.1. The highest BCUT2D eigenvalue weighted by molar-refractivity contribution is 5.91. The molecule has 0 bridgehead atoms. The van der Waals surface area contributed by atoms with E-state index in [9.17, 15) is 9.18 Å². The predicted molar refractivity (Wildman–Crippen MR) is 94.2 cm³/mol. The van der Waals surface area contributed by atoms with Crippen molar-refractivity contribution in [2.24, 2.45) is 0 Å². The second-order valence-electron chi connectivity index (χ2n) is 5.54. The average Bonchev–Trinajstić information content (AvgIpc) is 2.61. The van der Waals surface area contributed by atoms with E-state index in [4.69, 9.17) is 14.2 Å². The number of aryl methyl sites for hydroxylation is 2. The average molecular weight is 347 g/mol. The Kier molecular flexibility index (Phi) is 6.22. The Morgan fingerprint density at radius 2 is 1.68 bits per heavy atom. The molecule has 2 aromatic rings. The predicted octanol–water partition coefficient (Wildman–Crippen LogP) is 3.73. The summed E-state index contributed by atoms with van der Waals surface area (Å²) in [6.45, 7) is 1.81. The molecule has 5 nitrogen and oxygen atoms in total. The highest BCUT2D eigenvalue weighted by Crippen LogP contribution is 2.38. The van der Waals surface area contributed by atoms with Crippen LogP contribution in [0.3, 0.4) is 0 Å². The van der Waals surface area contributed by atoms with Gasteiger partial charge in [-0.05, 0) is 48.7 Å². The number of methoxy groups -OCH3 is 3. The van der Waals surface area contributed by atoms with Gasteiger partial charge in [-0.3, -0.25) is 4.79 Å². The summed E-state index contributed by atoms with van der Waals surface area (Å²) in [6.07, 6.45) is 0.728. The molecule has 1 N–H and O–H groups in total. The fourth-order valence-corrected chi connectivity index (χ4v) is 2.48. The van der Waals surface area contributed by atoms with Gasteiger partial charge in [0.05, 0.1) is 21.3 Å². The van der Waals surface area contributed by atoms with Crippen LogP contribution in [0.25, 0.3) is 0 Å². The number of carbonyl (C=O) groups is 1. The number of ether oxygens (including phenoxy) is 3. The Morgan fingerprint density at radius 3 is 2.24 bits per heavy atom. The number of benzene rings is 2. The first-order valence-electron chi connectivity index (χ1n) is 7.83. The Bertz CT molecular complexity index is 736. The van der Waals surface area contributed by atoms with Crippen LogP contribution >= 0.6 is 0 Å². The van der Waals surface area contributed by atoms with E-state index in [1.807, 2.05) is 19.1 Å². The van der Waals surface area contributed by atoms with E-state index in [2.05, 4.69) is 5.32 Å². The molecule has 2 aromatic carbocycles. The van der Waals surface area contributed by atoms with E-state index >= 15 is 0 Å². The maximum atomic E-state index is 13.3. The summed E-state index contributed by atoms with van der Waals surface area (Å²) >= 11 is 0. The topological polar surface area (TPSA) is 56.8 Å². The van der Waals surface area contributed by atoms with Crippen molar-refractivity contribution < 1.29 is 23.4 Å². The van der Waals surface area contributed by atoms with Crippen molar-refractivity contribution in [2.45, 2.75) is 19.8 Å². The standard InChI is InChI=1S/C19H22FNO4/c1-12-5-7-14(20)11-15(12)21-18(22)8-6-13-9-16(23-2)19(25-4)17(10-13)24-3/h5,7,9-11H,6,8H2,1-4H3,(H,21,22). The Hall–Kier alpha value is -2.76. The van der Waals surface area contributed by atoms with Gasteiger partial charge < -0.3 is 19.5 Å². The van der Waals surface area contributed by atoms with Crippen molar-refractivity contribution >= 4 is 11.6 Å². The van der Waals surface area contributed by atoms with Gasteiger partial charge in [-0.2, -0.15) is 0 Å². The molecule has 0 fully saturated rings. The maximum absolute atomic E-state index is 13.3. The quantitative estimate of drug-likeness (QED) is 0.829. The first-order valence-corrected chi connectivity index (χ1v) is 7.83. The van der Waals surface area contributed by atoms with Crippen molar-refractivity contribution in [3.8, 4) is 17.2 Å². The molecule has 0 saturated heterocycles.